The summed E-state index contributed by atoms with van der Waals surface area (Å²) in [5.74, 6) is 0.503. The van der Waals surface area contributed by atoms with Gasteiger partial charge in [0.2, 0.25) is 0 Å². The number of alkyl halides is 3. The van der Waals surface area contributed by atoms with Crippen LogP contribution in [0.1, 0.15) is 12.5 Å². The largest absolute Gasteiger partial charge is 0.481 e. The van der Waals surface area contributed by atoms with E-state index in [2.05, 4.69) is 0 Å². The molecule has 1 aliphatic rings. The number of carbonyl (C=O) groups excluding carboxylic acids is 1. The summed E-state index contributed by atoms with van der Waals surface area (Å²) < 4.78 is 44.3. The van der Waals surface area contributed by atoms with Crippen molar-refractivity contribution in [1.82, 2.24) is 4.90 Å². The van der Waals surface area contributed by atoms with Gasteiger partial charge < -0.3 is 14.5 Å². The fourth-order valence-corrected chi connectivity index (χ4v) is 3.07. The molecule has 1 saturated heterocycles. The molecule has 27 heavy (non-hydrogen) atoms. The molecule has 0 bridgehead atoms. The van der Waals surface area contributed by atoms with Crippen molar-refractivity contribution >= 4 is 11.6 Å². The van der Waals surface area contributed by atoms with Crippen LogP contribution in [-0.2, 0) is 11.0 Å². The van der Waals surface area contributed by atoms with E-state index in [0.717, 1.165) is 12.1 Å². The summed E-state index contributed by atoms with van der Waals surface area (Å²) in [6.45, 7) is 3.54. The number of carbonyl (C=O) groups is 1. The summed E-state index contributed by atoms with van der Waals surface area (Å²) in [7, 11) is 0. The first-order chi connectivity index (χ1) is 12.8. The number of nitrogens with zero attached hydrogens (tertiary/aromatic N) is 2. The maximum atomic E-state index is 12.9. The fraction of sp³-hybridized carbons (Fsp3) is 0.350. The summed E-state index contributed by atoms with van der Waals surface area (Å²) in [6.07, 6.45) is -4.98. The van der Waals surface area contributed by atoms with E-state index in [1.165, 1.54) is 6.07 Å². The van der Waals surface area contributed by atoms with Gasteiger partial charge in [0.15, 0.2) is 6.10 Å². The number of benzene rings is 2. The molecule has 0 radical (unpaired) electrons. The highest BCUT2D eigenvalue weighted by Gasteiger charge is 2.31. The smallest absolute Gasteiger partial charge is 0.416 e. The average Bonchev–Trinajstić information content (AvgIpc) is 2.68. The summed E-state index contributed by atoms with van der Waals surface area (Å²) in [6, 6.07) is 14.4. The highest BCUT2D eigenvalue weighted by Crippen LogP contribution is 2.31. The van der Waals surface area contributed by atoms with Crippen molar-refractivity contribution in [2.45, 2.75) is 19.2 Å². The Bertz CT molecular complexity index is 772. The van der Waals surface area contributed by atoms with Crippen molar-refractivity contribution in [3.05, 3.63) is 60.2 Å². The molecule has 3 rings (SSSR count). The second-order valence-corrected chi connectivity index (χ2v) is 6.43. The van der Waals surface area contributed by atoms with Crippen molar-refractivity contribution in [3.63, 3.8) is 0 Å². The lowest BCUT2D eigenvalue weighted by atomic mass is 10.1. The molecule has 2 aromatic rings. The Morgan fingerprint density at radius 1 is 1.00 bits per heavy atom. The van der Waals surface area contributed by atoms with Gasteiger partial charge >= 0.3 is 6.18 Å². The molecule has 1 fully saturated rings. The third-order valence-electron chi connectivity index (χ3n) is 4.53. The van der Waals surface area contributed by atoms with Crippen molar-refractivity contribution in [1.29, 1.82) is 0 Å². The average molecular weight is 378 g/mol. The van der Waals surface area contributed by atoms with Crippen LogP contribution in [0.15, 0.2) is 54.6 Å². The van der Waals surface area contributed by atoms with Crippen LogP contribution in [0.25, 0.3) is 0 Å². The first kappa shape index (κ1) is 19.1. The Labute approximate surface area is 156 Å². The maximum absolute atomic E-state index is 12.9. The zero-order valence-corrected chi connectivity index (χ0v) is 14.9. The maximum Gasteiger partial charge on any atom is 0.416 e. The lowest BCUT2D eigenvalue weighted by molar-refractivity contribution is -0.138. The van der Waals surface area contributed by atoms with Crippen LogP contribution in [0.3, 0.4) is 0 Å². The summed E-state index contributed by atoms with van der Waals surface area (Å²) in [5, 5.41) is 0. The molecule has 0 saturated carbocycles. The fourth-order valence-electron chi connectivity index (χ4n) is 3.07. The van der Waals surface area contributed by atoms with Crippen molar-refractivity contribution < 1.29 is 22.7 Å². The molecular weight excluding hydrogens is 357 g/mol. The van der Waals surface area contributed by atoms with E-state index in [1.807, 2.05) is 23.1 Å². The number of ether oxygens (including phenoxy) is 1. The second-order valence-electron chi connectivity index (χ2n) is 6.43. The molecule has 144 valence electrons. The highest BCUT2D eigenvalue weighted by atomic mass is 19.4. The van der Waals surface area contributed by atoms with E-state index < -0.39 is 17.8 Å². The number of para-hydroxylation sites is 1. The Morgan fingerprint density at radius 2 is 1.67 bits per heavy atom. The number of amides is 1. The first-order valence-corrected chi connectivity index (χ1v) is 8.77. The Balaban J connectivity index is 1.58. The number of piperazine rings is 1. The van der Waals surface area contributed by atoms with Gasteiger partial charge in [0.1, 0.15) is 5.75 Å². The minimum atomic E-state index is -4.36. The van der Waals surface area contributed by atoms with Crippen LogP contribution < -0.4 is 9.64 Å². The van der Waals surface area contributed by atoms with E-state index in [9.17, 15) is 18.0 Å². The van der Waals surface area contributed by atoms with Gasteiger partial charge in [-0.05, 0) is 37.3 Å². The van der Waals surface area contributed by atoms with E-state index in [4.69, 9.17) is 4.74 Å². The molecule has 0 N–H and O–H groups in total. The van der Waals surface area contributed by atoms with Crippen LogP contribution in [0.5, 0.6) is 5.75 Å². The number of hydrogen-bond donors (Lipinski definition) is 0. The Hall–Kier alpha value is -2.70. The molecule has 1 amide bonds. The highest BCUT2D eigenvalue weighted by molar-refractivity contribution is 5.81. The van der Waals surface area contributed by atoms with Crippen LogP contribution in [0, 0.1) is 0 Å². The molecule has 0 aliphatic carbocycles. The second kappa shape index (κ2) is 7.90. The first-order valence-electron chi connectivity index (χ1n) is 8.77. The summed E-state index contributed by atoms with van der Waals surface area (Å²) in [5.41, 5.74) is -0.145. The zero-order valence-electron chi connectivity index (χ0n) is 14.9. The van der Waals surface area contributed by atoms with Crippen LogP contribution in [0.2, 0.25) is 0 Å². The predicted molar refractivity (Wildman–Crippen MR) is 96.8 cm³/mol. The van der Waals surface area contributed by atoms with E-state index in [-0.39, 0.29) is 5.91 Å². The Kier molecular flexibility index (Phi) is 5.58. The molecule has 0 aromatic heterocycles. The van der Waals surface area contributed by atoms with Crippen LogP contribution in [-0.4, -0.2) is 43.1 Å². The number of rotatable bonds is 4. The number of halogens is 3. The molecule has 2 aromatic carbocycles. The molecule has 1 aliphatic heterocycles. The van der Waals surface area contributed by atoms with Crippen molar-refractivity contribution in [2.75, 3.05) is 31.1 Å². The number of anilines is 1. The molecule has 4 nitrogen and oxygen atoms in total. The van der Waals surface area contributed by atoms with Crippen LogP contribution >= 0.6 is 0 Å². The molecule has 0 spiro atoms. The summed E-state index contributed by atoms with van der Waals surface area (Å²) in [4.78, 5) is 16.1. The van der Waals surface area contributed by atoms with Gasteiger partial charge in [-0.1, -0.05) is 24.3 Å². The van der Waals surface area contributed by atoms with E-state index >= 15 is 0 Å². The zero-order chi connectivity index (χ0) is 19.4. The van der Waals surface area contributed by atoms with Gasteiger partial charge in [-0.25, -0.2) is 0 Å². The van der Waals surface area contributed by atoms with Crippen molar-refractivity contribution in [3.8, 4) is 5.75 Å². The lowest BCUT2D eigenvalue weighted by Crippen LogP contribution is -2.52. The van der Waals surface area contributed by atoms with Gasteiger partial charge in [-0.15, -0.1) is 0 Å². The number of hydrogen-bond acceptors (Lipinski definition) is 3. The molecule has 1 atom stereocenters. The SMILES string of the molecule is C[C@H](Oc1ccccc1)C(=O)N1CCN(c2cccc(C(F)(F)F)c2)CC1. The topological polar surface area (TPSA) is 32.8 Å². The molecule has 0 unspecified atom stereocenters. The van der Waals surface area contributed by atoms with Gasteiger partial charge in [-0.3, -0.25) is 4.79 Å². The van der Waals surface area contributed by atoms with Gasteiger partial charge in [0.25, 0.3) is 5.91 Å². The van der Waals surface area contributed by atoms with Gasteiger partial charge in [-0.2, -0.15) is 13.2 Å². The quantitative estimate of drug-likeness (QED) is 0.811. The molecule has 7 heteroatoms. The third-order valence-corrected chi connectivity index (χ3v) is 4.53. The normalized spacial score (nSPS) is 16.1. The summed E-state index contributed by atoms with van der Waals surface area (Å²) >= 11 is 0. The van der Waals surface area contributed by atoms with Gasteiger partial charge in [0, 0.05) is 31.9 Å². The molecule has 1 heterocycles. The van der Waals surface area contributed by atoms with E-state index in [0.29, 0.717) is 37.6 Å². The minimum Gasteiger partial charge on any atom is -0.481 e. The lowest BCUT2D eigenvalue weighted by Gasteiger charge is -2.37. The van der Waals surface area contributed by atoms with Gasteiger partial charge in [0.05, 0.1) is 5.56 Å². The van der Waals surface area contributed by atoms with Crippen LogP contribution in [0.4, 0.5) is 18.9 Å². The standard InChI is InChI=1S/C20H21F3N2O2/c1-15(27-18-8-3-2-4-9-18)19(26)25-12-10-24(11-13-25)17-7-5-6-16(14-17)20(21,22)23/h2-9,14-15H,10-13H2,1H3/t15-/m0/s1. The third kappa shape index (κ3) is 4.72. The monoisotopic (exact) mass is 378 g/mol. The predicted octanol–water partition coefficient (Wildman–Crippen LogP) is 3.82. The van der Waals surface area contributed by atoms with Crippen molar-refractivity contribution in [2.24, 2.45) is 0 Å². The Morgan fingerprint density at radius 3 is 2.30 bits per heavy atom. The minimum absolute atomic E-state index is 0.123. The molecular formula is C20H21F3N2O2. The van der Waals surface area contributed by atoms with E-state index in [1.54, 1.807) is 30.0 Å².